The van der Waals surface area contributed by atoms with Gasteiger partial charge in [-0.05, 0) is 24.3 Å². The van der Waals surface area contributed by atoms with Crippen LogP contribution in [0, 0.1) is 0 Å². The highest BCUT2D eigenvalue weighted by molar-refractivity contribution is 7.19. The van der Waals surface area contributed by atoms with Crippen LogP contribution in [0.25, 0.3) is 15.5 Å². The molecular formula is C15H10N4O3S. The lowest BCUT2D eigenvalue weighted by molar-refractivity contribution is 0.477. The molecule has 23 heavy (non-hydrogen) atoms. The van der Waals surface area contributed by atoms with Gasteiger partial charge in [0.15, 0.2) is 5.01 Å². The van der Waals surface area contributed by atoms with Crippen LogP contribution in [0.15, 0.2) is 51.9 Å². The van der Waals surface area contributed by atoms with E-state index in [2.05, 4.69) is 15.3 Å². The summed E-state index contributed by atoms with van der Waals surface area (Å²) in [5.74, 6) is 0.732. The minimum atomic E-state index is -0.343. The van der Waals surface area contributed by atoms with Gasteiger partial charge in [-0.15, -0.1) is 10.2 Å². The zero-order valence-corrected chi connectivity index (χ0v) is 12.5. The second kappa shape index (κ2) is 5.33. The third-order valence-electron chi connectivity index (χ3n) is 3.31. The Balaban J connectivity index is 1.82. The van der Waals surface area contributed by atoms with E-state index in [0.717, 1.165) is 0 Å². The number of rotatable bonds is 3. The van der Waals surface area contributed by atoms with E-state index < -0.39 is 0 Å². The molecule has 7 nitrogen and oxygen atoms in total. The van der Waals surface area contributed by atoms with Crippen molar-refractivity contribution >= 4 is 16.3 Å². The van der Waals surface area contributed by atoms with Crippen molar-refractivity contribution in [3.63, 3.8) is 0 Å². The van der Waals surface area contributed by atoms with Crippen LogP contribution in [0.5, 0.6) is 5.75 Å². The normalized spacial score (nSPS) is 11.1. The summed E-state index contributed by atoms with van der Waals surface area (Å²) in [6.07, 6.45) is 1.79. The molecule has 0 spiro atoms. The van der Waals surface area contributed by atoms with Gasteiger partial charge < -0.3 is 9.52 Å². The Morgan fingerprint density at radius 2 is 2.04 bits per heavy atom. The fraction of sp³-hybridized carbons (Fsp3) is 0.0667. The van der Waals surface area contributed by atoms with Crippen LogP contribution in [0.3, 0.4) is 0 Å². The zero-order chi connectivity index (χ0) is 15.8. The molecule has 0 amide bonds. The summed E-state index contributed by atoms with van der Waals surface area (Å²) < 4.78 is 6.43. The van der Waals surface area contributed by atoms with E-state index in [1.807, 2.05) is 0 Å². The number of aromatic hydroxyl groups is 1. The summed E-state index contributed by atoms with van der Waals surface area (Å²) in [7, 11) is 0. The average Bonchev–Trinajstić information content (AvgIpc) is 3.20. The molecular weight excluding hydrogens is 316 g/mol. The summed E-state index contributed by atoms with van der Waals surface area (Å²) in [4.78, 5) is 12.9. The summed E-state index contributed by atoms with van der Waals surface area (Å²) in [5.41, 5.74) is 0.464. The van der Waals surface area contributed by atoms with Gasteiger partial charge in [-0.3, -0.25) is 4.79 Å². The Kier molecular flexibility index (Phi) is 3.16. The van der Waals surface area contributed by atoms with Crippen LogP contribution in [-0.2, 0) is 6.42 Å². The highest BCUT2D eigenvalue weighted by atomic mass is 32.1. The van der Waals surface area contributed by atoms with Gasteiger partial charge in [-0.25, -0.2) is 0 Å². The molecule has 0 unspecified atom stereocenters. The third kappa shape index (κ3) is 2.38. The van der Waals surface area contributed by atoms with Gasteiger partial charge in [0.05, 0.1) is 18.2 Å². The first-order valence-corrected chi connectivity index (χ1v) is 7.60. The lowest BCUT2D eigenvalue weighted by atomic mass is 10.2. The smallest absolute Gasteiger partial charge is 0.297 e. The first-order valence-electron chi connectivity index (χ1n) is 6.78. The van der Waals surface area contributed by atoms with Crippen LogP contribution in [0.1, 0.15) is 11.5 Å². The maximum atomic E-state index is 12.5. The molecule has 1 aromatic carbocycles. The molecule has 0 saturated heterocycles. The van der Waals surface area contributed by atoms with Crippen molar-refractivity contribution in [2.75, 3.05) is 0 Å². The van der Waals surface area contributed by atoms with Gasteiger partial charge in [-0.2, -0.15) is 9.61 Å². The molecule has 0 radical (unpaired) electrons. The number of benzene rings is 1. The molecule has 4 aromatic rings. The van der Waals surface area contributed by atoms with E-state index >= 15 is 0 Å². The van der Waals surface area contributed by atoms with Crippen LogP contribution < -0.4 is 5.56 Å². The highest BCUT2D eigenvalue weighted by Gasteiger charge is 2.15. The lowest BCUT2D eigenvalue weighted by Crippen LogP contribution is -2.22. The number of nitrogens with zero attached hydrogens (tertiary/aromatic N) is 4. The fourth-order valence-corrected chi connectivity index (χ4v) is 3.07. The number of furan rings is 1. The molecule has 8 heteroatoms. The number of phenolic OH excluding ortho intramolecular Hbond substituents is 1. The Morgan fingerprint density at radius 1 is 1.17 bits per heavy atom. The van der Waals surface area contributed by atoms with E-state index in [4.69, 9.17) is 4.42 Å². The second-order valence-corrected chi connectivity index (χ2v) is 5.78. The standard InChI is InChI=1S/C15H10N4O3S/c20-12-6-2-1-5-10(12)13-18-19-14(21)11(16-17-15(19)23-13)8-9-4-3-7-22-9/h1-7,20H,8H2. The van der Waals surface area contributed by atoms with Crippen molar-refractivity contribution in [1.82, 2.24) is 19.8 Å². The first kappa shape index (κ1) is 13.6. The fourth-order valence-electron chi connectivity index (χ4n) is 2.20. The molecule has 0 fully saturated rings. The number of fused-ring (bicyclic) bond motifs is 1. The van der Waals surface area contributed by atoms with Gasteiger partial charge >= 0.3 is 0 Å². The van der Waals surface area contributed by atoms with E-state index in [0.29, 0.717) is 21.3 Å². The molecule has 3 heterocycles. The number of para-hydroxylation sites is 1. The Morgan fingerprint density at radius 3 is 2.83 bits per heavy atom. The number of hydrogen-bond donors (Lipinski definition) is 1. The van der Waals surface area contributed by atoms with Gasteiger partial charge in [0.25, 0.3) is 5.56 Å². The molecule has 1 N–H and O–H groups in total. The largest absolute Gasteiger partial charge is 0.507 e. The number of phenols is 1. The minimum Gasteiger partial charge on any atom is -0.507 e. The molecule has 3 aromatic heterocycles. The molecule has 0 atom stereocenters. The highest BCUT2D eigenvalue weighted by Crippen LogP contribution is 2.31. The second-order valence-electron chi connectivity index (χ2n) is 4.83. The predicted octanol–water partition coefficient (Wildman–Crippen LogP) is 2.10. The molecule has 0 saturated carbocycles. The van der Waals surface area contributed by atoms with Crippen molar-refractivity contribution in [2.45, 2.75) is 6.42 Å². The van der Waals surface area contributed by atoms with Crippen LogP contribution in [-0.4, -0.2) is 24.9 Å². The lowest BCUT2D eigenvalue weighted by Gasteiger charge is -1.97. The van der Waals surface area contributed by atoms with Gasteiger partial charge in [0.1, 0.15) is 17.2 Å². The Hall–Kier alpha value is -3.00. The molecule has 0 aliphatic heterocycles. The molecule has 114 valence electrons. The molecule has 0 aliphatic rings. The zero-order valence-electron chi connectivity index (χ0n) is 11.7. The van der Waals surface area contributed by atoms with E-state index in [-0.39, 0.29) is 23.4 Å². The van der Waals surface area contributed by atoms with E-state index in [1.165, 1.54) is 22.1 Å². The topological polar surface area (TPSA) is 93.5 Å². The van der Waals surface area contributed by atoms with Gasteiger partial charge in [0, 0.05) is 0 Å². The molecule has 0 aliphatic carbocycles. The SMILES string of the molecule is O=c1c(Cc2ccco2)nnc2sc(-c3ccccc3O)nn12. The Bertz CT molecular complexity index is 1040. The van der Waals surface area contributed by atoms with Gasteiger partial charge in [-0.1, -0.05) is 23.5 Å². The van der Waals surface area contributed by atoms with Crippen LogP contribution >= 0.6 is 11.3 Å². The Labute approximate surface area is 133 Å². The predicted molar refractivity (Wildman–Crippen MR) is 83.5 cm³/mol. The number of aromatic nitrogens is 4. The quantitative estimate of drug-likeness (QED) is 0.620. The molecule has 4 rings (SSSR count). The van der Waals surface area contributed by atoms with Crippen LogP contribution in [0.2, 0.25) is 0 Å². The summed E-state index contributed by atoms with van der Waals surface area (Å²) in [6.45, 7) is 0. The van der Waals surface area contributed by atoms with Crippen LogP contribution in [0.4, 0.5) is 0 Å². The maximum absolute atomic E-state index is 12.5. The van der Waals surface area contributed by atoms with E-state index in [1.54, 1.807) is 36.4 Å². The van der Waals surface area contributed by atoms with E-state index in [9.17, 15) is 9.90 Å². The minimum absolute atomic E-state index is 0.100. The van der Waals surface area contributed by atoms with Crippen molar-refractivity contribution in [2.24, 2.45) is 0 Å². The molecule has 0 bridgehead atoms. The van der Waals surface area contributed by atoms with Crippen molar-refractivity contribution < 1.29 is 9.52 Å². The van der Waals surface area contributed by atoms with Gasteiger partial charge in [0.2, 0.25) is 4.96 Å². The third-order valence-corrected chi connectivity index (χ3v) is 4.24. The van der Waals surface area contributed by atoms with Crippen molar-refractivity contribution in [3.05, 3.63) is 64.5 Å². The average molecular weight is 326 g/mol. The summed E-state index contributed by atoms with van der Waals surface area (Å²) >= 11 is 1.19. The number of hydrogen-bond acceptors (Lipinski definition) is 7. The summed E-state index contributed by atoms with van der Waals surface area (Å²) in [5, 5.41) is 22.7. The van der Waals surface area contributed by atoms with Crippen molar-refractivity contribution in [1.29, 1.82) is 0 Å². The first-order chi connectivity index (χ1) is 11.2. The monoisotopic (exact) mass is 326 g/mol. The van der Waals surface area contributed by atoms with Crippen molar-refractivity contribution in [3.8, 4) is 16.3 Å². The maximum Gasteiger partial charge on any atom is 0.297 e. The summed E-state index contributed by atoms with van der Waals surface area (Å²) in [6, 6.07) is 10.3.